The molecule has 70 valence electrons. The largest absolute Gasteiger partial charge is 0.481 e. The highest BCUT2D eigenvalue weighted by molar-refractivity contribution is 5.70. The van der Waals surface area contributed by atoms with Gasteiger partial charge in [0.1, 0.15) is 5.92 Å². The molecular formula is C7H13NO4. The van der Waals surface area contributed by atoms with Crippen LogP contribution in [0.3, 0.4) is 0 Å². The highest BCUT2D eigenvalue weighted by Gasteiger charge is 2.29. The molecule has 0 saturated carbocycles. The minimum Gasteiger partial charge on any atom is -0.481 e. The van der Waals surface area contributed by atoms with Gasteiger partial charge in [-0.05, 0) is 0 Å². The maximum Gasteiger partial charge on any atom is 0.311 e. The monoisotopic (exact) mass is 175 g/mol. The number of aliphatic carboxylic acids is 1. The smallest absolute Gasteiger partial charge is 0.311 e. The Morgan fingerprint density at radius 2 is 2.50 bits per heavy atom. The van der Waals surface area contributed by atoms with E-state index in [1.54, 1.807) is 0 Å². The van der Waals surface area contributed by atoms with Crippen LogP contribution in [-0.4, -0.2) is 48.6 Å². The molecule has 2 atom stereocenters. The molecule has 12 heavy (non-hydrogen) atoms. The summed E-state index contributed by atoms with van der Waals surface area (Å²) in [5.41, 5.74) is 0. The Kier molecular flexibility index (Phi) is 3.46. The minimum atomic E-state index is -1.01. The van der Waals surface area contributed by atoms with Crippen molar-refractivity contribution in [3.63, 3.8) is 0 Å². The number of carboxylic acid groups (broad SMARTS) is 1. The van der Waals surface area contributed by atoms with Crippen LogP contribution in [0.15, 0.2) is 0 Å². The lowest BCUT2D eigenvalue weighted by molar-refractivity contribution is -0.150. The molecule has 1 aliphatic rings. The van der Waals surface area contributed by atoms with Crippen molar-refractivity contribution >= 4 is 5.97 Å². The molecule has 3 N–H and O–H groups in total. The van der Waals surface area contributed by atoms with E-state index in [0.717, 1.165) is 6.54 Å². The zero-order valence-corrected chi connectivity index (χ0v) is 6.69. The molecule has 0 bridgehead atoms. The molecule has 1 heterocycles. The number of ether oxygens (including phenoxy) is 1. The van der Waals surface area contributed by atoms with Crippen LogP contribution in [0.4, 0.5) is 0 Å². The van der Waals surface area contributed by atoms with E-state index in [4.69, 9.17) is 14.9 Å². The van der Waals surface area contributed by atoms with Gasteiger partial charge in [0.25, 0.3) is 0 Å². The van der Waals surface area contributed by atoms with Crippen LogP contribution in [0.2, 0.25) is 0 Å². The predicted octanol–water partition coefficient (Wildman–Crippen LogP) is -1.33. The summed E-state index contributed by atoms with van der Waals surface area (Å²) in [6.45, 7) is 1.38. The standard InChI is InChI=1S/C7H13NO4/c9-4-5(7(10)11)6-3-8-1-2-12-6/h5-6,8-9H,1-4H2,(H,10,11). The molecule has 1 aliphatic heterocycles. The number of aliphatic hydroxyl groups is 1. The first-order chi connectivity index (χ1) is 5.75. The lowest BCUT2D eigenvalue weighted by Crippen LogP contribution is -2.46. The number of hydrogen-bond acceptors (Lipinski definition) is 4. The molecular weight excluding hydrogens is 162 g/mol. The molecule has 0 aromatic heterocycles. The SMILES string of the molecule is O=C(O)C(CO)C1CNCCO1. The first-order valence-corrected chi connectivity index (χ1v) is 3.91. The highest BCUT2D eigenvalue weighted by Crippen LogP contribution is 2.09. The first kappa shape index (κ1) is 9.44. The number of aliphatic hydroxyl groups excluding tert-OH is 1. The predicted molar refractivity (Wildman–Crippen MR) is 40.8 cm³/mol. The summed E-state index contributed by atoms with van der Waals surface area (Å²) in [4.78, 5) is 10.6. The van der Waals surface area contributed by atoms with E-state index in [9.17, 15) is 4.79 Å². The fraction of sp³-hybridized carbons (Fsp3) is 0.857. The van der Waals surface area contributed by atoms with Gasteiger partial charge in [-0.3, -0.25) is 4.79 Å². The molecule has 1 rings (SSSR count). The van der Waals surface area contributed by atoms with Crippen molar-refractivity contribution in [2.45, 2.75) is 6.10 Å². The van der Waals surface area contributed by atoms with Crippen LogP contribution >= 0.6 is 0 Å². The maximum atomic E-state index is 10.6. The molecule has 0 radical (unpaired) electrons. The lowest BCUT2D eigenvalue weighted by atomic mass is 10.0. The van der Waals surface area contributed by atoms with Gasteiger partial charge in [-0.15, -0.1) is 0 Å². The van der Waals surface area contributed by atoms with Crippen molar-refractivity contribution in [3.05, 3.63) is 0 Å². The van der Waals surface area contributed by atoms with Crippen LogP contribution in [-0.2, 0) is 9.53 Å². The molecule has 1 saturated heterocycles. The van der Waals surface area contributed by atoms with Crippen molar-refractivity contribution in [1.29, 1.82) is 0 Å². The molecule has 5 heteroatoms. The third kappa shape index (κ3) is 2.17. The Morgan fingerprint density at radius 3 is 2.92 bits per heavy atom. The molecule has 5 nitrogen and oxygen atoms in total. The third-order valence-corrected chi connectivity index (χ3v) is 1.92. The molecule has 1 fully saturated rings. The average Bonchev–Trinajstić information content (AvgIpc) is 2.07. The van der Waals surface area contributed by atoms with Crippen molar-refractivity contribution < 1.29 is 19.7 Å². The van der Waals surface area contributed by atoms with E-state index in [1.807, 2.05) is 0 Å². The van der Waals surface area contributed by atoms with Crippen molar-refractivity contribution in [1.82, 2.24) is 5.32 Å². The Morgan fingerprint density at radius 1 is 1.75 bits per heavy atom. The molecule has 2 unspecified atom stereocenters. The summed E-state index contributed by atoms with van der Waals surface area (Å²) >= 11 is 0. The fourth-order valence-electron chi connectivity index (χ4n) is 1.20. The van der Waals surface area contributed by atoms with Crippen LogP contribution < -0.4 is 5.32 Å². The van der Waals surface area contributed by atoms with Crippen LogP contribution in [0.5, 0.6) is 0 Å². The lowest BCUT2D eigenvalue weighted by Gasteiger charge is -2.27. The van der Waals surface area contributed by atoms with Gasteiger partial charge in [0.2, 0.25) is 0 Å². The zero-order chi connectivity index (χ0) is 8.97. The molecule has 0 spiro atoms. The third-order valence-electron chi connectivity index (χ3n) is 1.92. The van der Waals surface area contributed by atoms with Crippen molar-refractivity contribution in [3.8, 4) is 0 Å². The summed E-state index contributed by atoms with van der Waals surface area (Å²) in [5.74, 6) is -1.82. The molecule has 0 aromatic carbocycles. The van der Waals surface area contributed by atoms with Gasteiger partial charge < -0.3 is 20.3 Å². The quantitative estimate of drug-likeness (QED) is 0.495. The van der Waals surface area contributed by atoms with Crippen LogP contribution in [0.1, 0.15) is 0 Å². The molecule has 0 aliphatic carbocycles. The summed E-state index contributed by atoms with van der Waals surface area (Å²) in [6, 6.07) is 0. The summed E-state index contributed by atoms with van der Waals surface area (Å²) < 4.78 is 5.19. The van der Waals surface area contributed by atoms with Crippen LogP contribution in [0, 0.1) is 5.92 Å². The van der Waals surface area contributed by atoms with E-state index in [2.05, 4.69) is 5.32 Å². The van der Waals surface area contributed by atoms with Crippen molar-refractivity contribution in [2.24, 2.45) is 5.92 Å². The van der Waals surface area contributed by atoms with E-state index >= 15 is 0 Å². The highest BCUT2D eigenvalue weighted by atomic mass is 16.5. The van der Waals surface area contributed by atoms with Gasteiger partial charge in [0.15, 0.2) is 0 Å². The van der Waals surface area contributed by atoms with E-state index in [-0.39, 0.29) is 6.61 Å². The summed E-state index contributed by atoms with van der Waals surface area (Å²) in [6.07, 6.45) is -0.402. The molecule has 0 aromatic rings. The van der Waals surface area contributed by atoms with Crippen molar-refractivity contribution in [2.75, 3.05) is 26.3 Å². The number of carboxylic acids is 1. The number of carbonyl (C=O) groups is 1. The number of hydrogen-bond donors (Lipinski definition) is 3. The summed E-state index contributed by atoms with van der Waals surface area (Å²) in [5, 5.41) is 20.4. The minimum absolute atomic E-state index is 0.373. The Hall–Kier alpha value is -0.650. The van der Waals surface area contributed by atoms with Gasteiger partial charge in [-0.25, -0.2) is 0 Å². The van der Waals surface area contributed by atoms with Gasteiger partial charge in [0.05, 0.1) is 19.3 Å². The number of morpholine rings is 1. The normalized spacial score (nSPS) is 26.6. The van der Waals surface area contributed by atoms with E-state index < -0.39 is 18.0 Å². The van der Waals surface area contributed by atoms with Gasteiger partial charge >= 0.3 is 5.97 Å². The Bertz CT molecular complexity index is 155. The summed E-state index contributed by atoms with van der Waals surface area (Å²) in [7, 11) is 0. The number of nitrogens with one attached hydrogen (secondary N) is 1. The molecule has 0 amide bonds. The van der Waals surface area contributed by atoms with Gasteiger partial charge in [-0.2, -0.15) is 0 Å². The zero-order valence-electron chi connectivity index (χ0n) is 6.69. The fourth-order valence-corrected chi connectivity index (χ4v) is 1.20. The second-order valence-corrected chi connectivity index (χ2v) is 2.74. The maximum absolute atomic E-state index is 10.6. The second-order valence-electron chi connectivity index (χ2n) is 2.74. The van der Waals surface area contributed by atoms with Gasteiger partial charge in [-0.1, -0.05) is 0 Å². The van der Waals surface area contributed by atoms with Crippen LogP contribution in [0.25, 0.3) is 0 Å². The first-order valence-electron chi connectivity index (χ1n) is 3.91. The number of rotatable bonds is 3. The average molecular weight is 175 g/mol. The topological polar surface area (TPSA) is 78.8 Å². The second kappa shape index (κ2) is 4.39. The van der Waals surface area contributed by atoms with E-state index in [1.165, 1.54) is 0 Å². The Labute approximate surface area is 70.3 Å². The van der Waals surface area contributed by atoms with Gasteiger partial charge in [0, 0.05) is 13.1 Å². The van der Waals surface area contributed by atoms with E-state index in [0.29, 0.717) is 13.2 Å². The Balaban J connectivity index is 2.46.